The molecule has 4 heteroatoms. The highest BCUT2D eigenvalue weighted by atomic mass is 15.2. The molecule has 4 nitrogen and oxygen atoms in total. The van der Waals surface area contributed by atoms with Gasteiger partial charge >= 0.3 is 0 Å². The Balaban J connectivity index is 1.80. The van der Waals surface area contributed by atoms with E-state index in [-0.39, 0.29) is 0 Å². The second-order valence-corrected chi connectivity index (χ2v) is 7.05. The third kappa shape index (κ3) is 2.04. The van der Waals surface area contributed by atoms with E-state index in [4.69, 9.17) is 10.7 Å². The highest BCUT2D eigenvalue weighted by molar-refractivity contribution is 5.80. The van der Waals surface area contributed by atoms with Crippen molar-refractivity contribution in [2.75, 3.05) is 19.8 Å². The van der Waals surface area contributed by atoms with Crippen molar-refractivity contribution in [2.45, 2.75) is 50.1 Å². The molecule has 2 aromatic rings. The van der Waals surface area contributed by atoms with Gasteiger partial charge in [0.1, 0.15) is 5.82 Å². The van der Waals surface area contributed by atoms with Crippen LogP contribution in [0.5, 0.6) is 0 Å². The minimum absolute atomic E-state index is 0.318. The molecule has 2 N–H and O–H groups in total. The van der Waals surface area contributed by atoms with E-state index in [2.05, 4.69) is 29.6 Å². The van der Waals surface area contributed by atoms with E-state index < -0.39 is 0 Å². The molecule has 0 unspecified atom stereocenters. The van der Waals surface area contributed by atoms with Crippen LogP contribution in [0.1, 0.15) is 43.8 Å². The van der Waals surface area contributed by atoms with Gasteiger partial charge in [-0.3, -0.25) is 0 Å². The standard InChI is InChI=1S/C17H24N4/c1-20(2)17(8-3-9-17)11-21-15-7-6-13(18)10-14(15)19-16(21)12-4-5-12/h6-7,10,12H,3-5,8-9,11,18H2,1-2H3. The fourth-order valence-corrected chi connectivity index (χ4v) is 3.61. The molecule has 0 bridgehead atoms. The zero-order valence-electron chi connectivity index (χ0n) is 13.0. The van der Waals surface area contributed by atoms with Crippen molar-refractivity contribution in [3.05, 3.63) is 24.0 Å². The number of rotatable bonds is 4. The number of hydrogen-bond acceptors (Lipinski definition) is 3. The summed E-state index contributed by atoms with van der Waals surface area (Å²) in [5.74, 6) is 1.95. The summed E-state index contributed by atoms with van der Waals surface area (Å²) in [6, 6.07) is 6.16. The Morgan fingerprint density at radius 3 is 2.67 bits per heavy atom. The van der Waals surface area contributed by atoms with Gasteiger partial charge < -0.3 is 15.2 Å². The molecule has 0 atom stereocenters. The van der Waals surface area contributed by atoms with Crippen molar-refractivity contribution in [1.82, 2.24) is 14.5 Å². The van der Waals surface area contributed by atoms with Crippen LogP contribution in [0.4, 0.5) is 5.69 Å². The van der Waals surface area contributed by atoms with E-state index in [9.17, 15) is 0 Å². The second kappa shape index (κ2) is 4.47. The number of hydrogen-bond donors (Lipinski definition) is 1. The SMILES string of the molecule is CN(C)C1(Cn2c(C3CC3)nc3cc(N)ccc32)CCC1. The Labute approximate surface area is 125 Å². The van der Waals surface area contributed by atoms with E-state index >= 15 is 0 Å². The van der Waals surface area contributed by atoms with Gasteiger partial charge in [0.15, 0.2) is 0 Å². The molecule has 2 aliphatic carbocycles. The maximum Gasteiger partial charge on any atom is 0.113 e. The van der Waals surface area contributed by atoms with Crippen LogP contribution in [0.15, 0.2) is 18.2 Å². The van der Waals surface area contributed by atoms with Crippen LogP contribution in [0.2, 0.25) is 0 Å². The molecule has 0 radical (unpaired) electrons. The molecule has 2 saturated carbocycles. The summed E-state index contributed by atoms with van der Waals surface area (Å²) < 4.78 is 2.48. The average Bonchev–Trinajstić information content (AvgIpc) is 3.16. The first-order chi connectivity index (χ1) is 10.1. The molecular weight excluding hydrogens is 260 g/mol. The summed E-state index contributed by atoms with van der Waals surface area (Å²) in [6.45, 7) is 1.06. The number of benzene rings is 1. The Bertz CT molecular complexity index is 677. The number of nitrogen functional groups attached to an aromatic ring is 1. The summed E-state index contributed by atoms with van der Waals surface area (Å²) in [4.78, 5) is 7.31. The predicted octanol–water partition coefficient (Wildman–Crippen LogP) is 2.98. The molecule has 0 spiro atoms. The Kier molecular flexibility index (Phi) is 2.80. The van der Waals surface area contributed by atoms with Gasteiger partial charge in [0.2, 0.25) is 0 Å². The number of likely N-dealkylation sites (N-methyl/N-ethyl adjacent to an activating group) is 1. The minimum atomic E-state index is 0.318. The third-order valence-corrected chi connectivity index (χ3v) is 5.43. The van der Waals surface area contributed by atoms with Crippen molar-refractivity contribution in [2.24, 2.45) is 0 Å². The molecule has 1 aromatic heterocycles. The van der Waals surface area contributed by atoms with Crippen LogP contribution < -0.4 is 5.73 Å². The van der Waals surface area contributed by atoms with Crippen molar-refractivity contribution in [3.63, 3.8) is 0 Å². The Morgan fingerprint density at radius 2 is 2.10 bits per heavy atom. The number of imidazole rings is 1. The molecular formula is C17H24N4. The lowest BCUT2D eigenvalue weighted by Gasteiger charge is -2.47. The molecule has 0 aliphatic heterocycles. The number of aromatic nitrogens is 2. The number of nitrogens with two attached hydrogens (primary N) is 1. The largest absolute Gasteiger partial charge is 0.399 e. The first-order valence-electron chi connectivity index (χ1n) is 8.02. The first-order valence-corrected chi connectivity index (χ1v) is 8.02. The highest BCUT2D eigenvalue weighted by Crippen LogP contribution is 2.44. The van der Waals surface area contributed by atoms with Crippen LogP contribution in [0, 0.1) is 0 Å². The maximum absolute atomic E-state index is 5.93. The van der Waals surface area contributed by atoms with Crippen LogP contribution >= 0.6 is 0 Å². The van der Waals surface area contributed by atoms with E-state index in [1.807, 2.05) is 12.1 Å². The fourth-order valence-electron chi connectivity index (χ4n) is 3.61. The third-order valence-electron chi connectivity index (χ3n) is 5.43. The molecule has 0 saturated heterocycles. The van der Waals surface area contributed by atoms with E-state index in [0.29, 0.717) is 11.5 Å². The number of fused-ring (bicyclic) bond motifs is 1. The molecule has 1 aromatic carbocycles. The van der Waals surface area contributed by atoms with Crippen molar-refractivity contribution >= 4 is 16.7 Å². The summed E-state index contributed by atoms with van der Waals surface area (Å²) in [5.41, 5.74) is 9.36. The summed E-state index contributed by atoms with van der Waals surface area (Å²) in [5, 5.41) is 0. The van der Waals surface area contributed by atoms with Crippen molar-refractivity contribution < 1.29 is 0 Å². The summed E-state index contributed by atoms with van der Waals surface area (Å²) in [6.07, 6.45) is 6.50. The van der Waals surface area contributed by atoms with Crippen LogP contribution in [-0.4, -0.2) is 34.1 Å². The molecule has 21 heavy (non-hydrogen) atoms. The molecule has 4 rings (SSSR count). The quantitative estimate of drug-likeness (QED) is 0.878. The molecule has 0 amide bonds. The topological polar surface area (TPSA) is 47.1 Å². The Hall–Kier alpha value is -1.55. The maximum atomic E-state index is 5.93. The predicted molar refractivity (Wildman–Crippen MR) is 86.4 cm³/mol. The fraction of sp³-hybridized carbons (Fsp3) is 0.588. The van der Waals surface area contributed by atoms with Gasteiger partial charge in [-0.25, -0.2) is 4.98 Å². The molecule has 2 fully saturated rings. The van der Waals surface area contributed by atoms with Gasteiger partial charge in [-0.05, 0) is 64.4 Å². The van der Waals surface area contributed by atoms with E-state index in [1.54, 1.807) is 0 Å². The molecule has 2 aliphatic rings. The Morgan fingerprint density at radius 1 is 1.33 bits per heavy atom. The smallest absolute Gasteiger partial charge is 0.113 e. The van der Waals surface area contributed by atoms with Gasteiger partial charge in [-0.15, -0.1) is 0 Å². The van der Waals surface area contributed by atoms with Crippen molar-refractivity contribution in [3.8, 4) is 0 Å². The minimum Gasteiger partial charge on any atom is -0.399 e. The summed E-state index contributed by atoms with van der Waals surface area (Å²) in [7, 11) is 4.43. The van der Waals surface area contributed by atoms with Gasteiger partial charge in [-0.2, -0.15) is 0 Å². The zero-order chi connectivity index (χ0) is 14.6. The van der Waals surface area contributed by atoms with Crippen LogP contribution in [0.3, 0.4) is 0 Å². The monoisotopic (exact) mass is 284 g/mol. The van der Waals surface area contributed by atoms with Gasteiger partial charge in [0, 0.05) is 23.7 Å². The lowest BCUT2D eigenvalue weighted by molar-refractivity contribution is 0.0427. The van der Waals surface area contributed by atoms with E-state index in [1.165, 1.54) is 43.4 Å². The first kappa shape index (κ1) is 13.1. The summed E-state index contributed by atoms with van der Waals surface area (Å²) >= 11 is 0. The van der Waals surface area contributed by atoms with Gasteiger partial charge in [0.05, 0.1) is 11.0 Å². The number of nitrogens with zero attached hydrogens (tertiary/aromatic N) is 3. The second-order valence-electron chi connectivity index (χ2n) is 7.05. The average molecular weight is 284 g/mol. The van der Waals surface area contributed by atoms with Gasteiger partial charge in [0.25, 0.3) is 0 Å². The van der Waals surface area contributed by atoms with Gasteiger partial charge in [-0.1, -0.05) is 0 Å². The zero-order valence-corrected chi connectivity index (χ0v) is 13.0. The van der Waals surface area contributed by atoms with Crippen LogP contribution in [-0.2, 0) is 6.54 Å². The van der Waals surface area contributed by atoms with E-state index in [0.717, 1.165) is 17.7 Å². The van der Waals surface area contributed by atoms with Crippen LogP contribution in [0.25, 0.3) is 11.0 Å². The lowest BCUT2D eigenvalue weighted by Crippen LogP contribution is -2.53. The normalized spacial score (nSPS) is 20.9. The number of anilines is 1. The molecule has 112 valence electrons. The highest BCUT2D eigenvalue weighted by Gasteiger charge is 2.41. The molecule has 1 heterocycles. The lowest BCUT2D eigenvalue weighted by atomic mass is 9.75. The van der Waals surface area contributed by atoms with Crippen molar-refractivity contribution in [1.29, 1.82) is 0 Å².